The van der Waals surface area contributed by atoms with Crippen molar-refractivity contribution in [2.24, 2.45) is 0 Å². The molecule has 0 bridgehead atoms. The fourth-order valence-electron chi connectivity index (χ4n) is 3.72. The van der Waals surface area contributed by atoms with Gasteiger partial charge in [-0.15, -0.1) is 0 Å². The van der Waals surface area contributed by atoms with Crippen molar-refractivity contribution < 1.29 is 9.59 Å². The van der Waals surface area contributed by atoms with E-state index in [1.807, 2.05) is 47.4 Å². The maximum absolute atomic E-state index is 12.9. The number of piperidine rings is 1. The summed E-state index contributed by atoms with van der Waals surface area (Å²) in [6.07, 6.45) is 1.49. The highest BCUT2D eigenvalue weighted by atomic mass is 35.5. The van der Waals surface area contributed by atoms with E-state index in [1.54, 1.807) is 24.3 Å². The van der Waals surface area contributed by atoms with Gasteiger partial charge in [0.05, 0.1) is 0 Å². The lowest BCUT2D eigenvalue weighted by molar-refractivity contribution is 0.0698. The normalized spacial score (nSPS) is 14.4. The zero-order chi connectivity index (χ0) is 20.9. The van der Waals surface area contributed by atoms with Gasteiger partial charge in [-0.05, 0) is 60.4 Å². The van der Waals surface area contributed by atoms with E-state index >= 15 is 0 Å². The predicted molar refractivity (Wildman–Crippen MR) is 120 cm³/mol. The van der Waals surface area contributed by atoms with Gasteiger partial charge in [-0.25, -0.2) is 0 Å². The van der Waals surface area contributed by atoms with Gasteiger partial charge in [-0.2, -0.15) is 0 Å². The molecule has 1 aliphatic rings. The molecule has 152 valence electrons. The van der Waals surface area contributed by atoms with Crippen molar-refractivity contribution in [1.82, 2.24) is 10.2 Å². The van der Waals surface area contributed by atoms with Crippen LogP contribution in [0.3, 0.4) is 0 Å². The molecule has 1 aliphatic heterocycles. The summed E-state index contributed by atoms with van der Waals surface area (Å²) in [5.41, 5.74) is 3.51. The maximum Gasteiger partial charge on any atom is 0.253 e. The topological polar surface area (TPSA) is 49.4 Å². The highest BCUT2D eigenvalue weighted by molar-refractivity contribution is 6.30. The number of carbonyl (C=O) groups is 2. The molecule has 0 unspecified atom stereocenters. The van der Waals surface area contributed by atoms with Crippen LogP contribution in [0.5, 0.6) is 0 Å². The van der Waals surface area contributed by atoms with Gasteiger partial charge in [-0.1, -0.05) is 54.1 Å². The Balaban J connectivity index is 1.32. The van der Waals surface area contributed by atoms with E-state index in [2.05, 4.69) is 17.4 Å². The molecule has 0 radical (unpaired) electrons. The number of amides is 2. The molecule has 3 aromatic carbocycles. The highest BCUT2D eigenvalue weighted by Gasteiger charge is 2.25. The zero-order valence-electron chi connectivity index (χ0n) is 16.6. The third-order valence-corrected chi connectivity index (χ3v) is 5.71. The number of nitrogens with zero attached hydrogens (tertiary/aromatic N) is 1. The van der Waals surface area contributed by atoms with Crippen LogP contribution < -0.4 is 5.32 Å². The molecule has 4 nitrogen and oxygen atoms in total. The molecule has 0 aromatic heterocycles. The lowest BCUT2D eigenvalue weighted by Crippen LogP contribution is -2.46. The number of rotatable bonds is 4. The third kappa shape index (κ3) is 4.71. The summed E-state index contributed by atoms with van der Waals surface area (Å²) >= 11 is 5.88. The number of halogens is 1. The van der Waals surface area contributed by atoms with Crippen LogP contribution >= 0.6 is 11.6 Å². The minimum atomic E-state index is -0.104. The second-order valence-corrected chi connectivity index (χ2v) is 7.93. The van der Waals surface area contributed by atoms with Gasteiger partial charge in [-0.3, -0.25) is 9.59 Å². The van der Waals surface area contributed by atoms with Crippen LogP contribution in [0.4, 0.5) is 0 Å². The summed E-state index contributed by atoms with van der Waals surface area (Å²) in [6, 6.07) is 24.8. The van der Waals surface area contributed by atoms with Crippen LogP contribution in [-0.2, 0) is 0 Å². The van der Waals surface area contributed by atoms with Crippen molar-refractivity contribution in [2.45, 2.75) is 18.9 Å². The second kappa shape index (κ2) is 9.14. The zero-order valence-corrected chi connectivity index (χ0v) is 17.3. The first-order valence-corrected chi connectivity index (χ1v) is 10.5. The number of likely N-dealkylation sites (tertiary alicyclic amines) is 1. The SMILES string of the molecule is O=C(NC1CCN(C(=O)c2ccc(-c3ccccc3)cc2)CC1)c1ccc(Cl)cc1. The van der Waals surface area contributed by atoms with E-state index in [0.717, 1.165) is 24.0 Å². The molecule has 0 aliphatic carbocycles. The van der Waals surface area contributed by atoms with Gasteiger partial charge in [0.1, 0.15) is 0 Å². The van der Waals surface area contributed by atoms with Crippen LogP contribution in [-0.4, -0.2) is 35.8 Å². The van der Waals surface area contributed by atoms with E-state index in [9.17, 15) is 9.59 Å². The standard InChI is InChI=1S/C25H23ClN2O2/c26-22-12-10-20(11-13-22)24(29)27-23-14-16-28(17-15-23)25(30)21-8-6-19(7-9-21)18-4-2-1-3-5-18/h1-13,23H,14-17H2,(H,27,29). The first-order chi connectivity index (χ1) is 14.6. The molecule has 1 saturated heterocycles. The fourth-order valence-corrected chi connectivity index (χ4v) is 3.84. The van der Waals surface area contributed by atoms with E-state index < -0.39 is 0 Å². The van der Waals surface area contributed by atoms with Crippen molar-refractivity contribution in [2.75, 3.05) is 13.1 Å². The third-order valence-electron chi connectivity index (χ3n) is 5.46. The van der Waals surface area contributed by atoms with Gasteiger partial charge in [0.15, 0.2) is 0 Å². The summed E-state index contributed by atoms with van der Waals surface area (Å²) < 4.78 is 0. The van der Waals surface area contributed by atoms with Crippen molar-refractivity contribution in [1.29, 1.82) is 0 Å². The number of benzene rings is 3. The van der Waals surface area contributed by atoms with Crippen LogP contribution in [0.15, 0.2) is 78.9 Å². The van der Waals surface area contributed by atoms with E-state index in [-0.39, 0.29) is 17.9 Å². The van der Waals surface area contributed by atoms with Gasteiger partial charge < -0.3 is 10.2 Å². The molecule has 0 atom stereocenters. The highest BCUT2D eigenvalue weighted by Crippen LogP contribution is 2.21. The molecular weight excluding hydrogens is 396 g/mol. The van der Waals surface area contributed by atoms with Gasteiger partial charge in [0.25, 0.3) is 11.8 Å². The van der Waals surface area contributed by atoms with E-state index in [4.69, 9.17) is 11.6 Å². The molecule has 2 amide bonds. The average Bonchev–Trinajstić information content (AvgIpc) is 2.80. The Labute approximate surface area is 181 Å². The molecule has 0 spiro atoms. The smallest absolute Gasteiger partial charge is 0.253 e. The first kappa shape index (κ1) is 20.2. The summed E-state index contributed by atoms with van der Waals surface area (Å²) in [5, 5.41) is 3.67. The Hall–Kier alpha value is -3.11. The van der Waals surface area contributed by atoms with E-state index in [0.29, 0.717) is 29.2 Å². The maximum atomic E-state index is 12.9. The molecule has 5 heteroatoms. The van der Waals surface area contributed by atoms with Crippen molar-refractivity contribution in [3.05, 3.63) is 95.0 Å². The predicted octanol–water partition coefficient (Wildman–Crippen LogP) is 5.04. The Morgan fingerprint density at radius 2 is 1.33 bits per heavy atom. The first-order valence-electron chi connectivity index (χ1n) is 10.1. The number of nitrogens with one attached hydrogen (secondary N) is 1. The van der Waals surface area contributed by atoms with Crippen molar-refractivity contribution in [3.63, 3.8) is 0 Å². The van der Waals surface area contributed by atoms with E-state index in [1.165, 1.54) is 0 Å². The quantitative estimate of drug-likeness (QED) is 0.645. The van der Waals surface area contributed by atoms with Crippen LogP contribution in [0, 0.1) is 0 Å². The Morgan fingerprint density at radius 1 is 0.767 bits per heavy atom. The minimum absolute atomic E-state index is 0.0390. The van der Waals surface area contributed by atoms with Crippen LogP contribution in [0.2, 0.25) is 5.02 Å². The molecule has 1 N–H and O–H groups in total. The largest absolute Gasteiger partial charge is 0.349 e. The number of hydrogen-bond acceptors (Lipinski definition) is 2. The lowest BCUT2D eigenvalue weighted by Gasteiger charge is -2.32. The summed E-state index contributed by atoms with van der Waals surface area (Å²) in [7, 11) is 0. The monoisotopic (exact) mass is 418 g/mol. The lowest BCUT2D eigenvalue weighted by atomic mass is 10.0. The van der Waals surface area contributed by atoms with Crippen molar-refractivity contribution >= 4 is 23.4 Å². The van der Waals surface area contributed by atoms with Gasteiger partial charge in [0.2, 0.25) is 0 Å². The van der Waals surface area contributed by atoms with Crippen LogP contribution in [0.1, 0.15) is 33.6 Å². The molecule has 1 fully saturated rings. The second-order valence-electron chi connectivity index (χ2n) is 7.49. The summed E-state index contributed by atoms with van der Waals surface area (Å²) in [4.78, 5) is 27.1. The van der Waals surface area contributed by atoms with Crippen LogP contribution in [0.25, 0.3) is 11.1 Å². The molecule has 3 aromatic rings. The molecular formula is C25H23ClN2O2. The summed E-state index contributed by atoms with van der Waals surface area (Å²) in [5.74, 6) is -0.0648. The average molecular weight is 419 g/mol. The number of carbonyl (C=O) groups excluding carboxylic acids is 2. The van der Waals surface area contributed by atoms with Gasteiger partial charge >= 0.3 is 0 Å². The Morgan fingerprint density at radius 3 is 1.97 bits per heavy atom. The summed E-state index contributed by atoms with van der Waals surface area (Å²) in [6.45, 7) is 1.26. The Kier molecular flexibility index (Phi) is 6.15. The minimum Gasteiger partial charge on any atom is -0.349 e. The Bertz CT molecular complexity index is 1010. The molecule has 1 heterocycles. The van der Waals surface area contributed by atoms with Gasteiger partial charge in [0, 0.05) is 35.3 Å². The number of hydrogen-bond donors (Lipinski definition) is 1. The van der Waals surface area contributed by atoms with Crippen molar-refractivity contribution in [3.8, 4) is 11.1 Å². The molecule has 30 heavy (non-hydrogen) atoms. The fraction of sp³-hybridized carbons (Fsp3) is 0.200. The molecule has 4 rings (SSSR count). The molecule has 0 saturated carbocycles.